The Kier molecular flexibility index (Phi) is 5.58. The van der Waals surface area contributed by atoms with Crippen LogP contribution in [0.15, 0.2) is 0 Å². The molecule has 0 radical (unpaired) electrons. The molecule has 1 aliphatic rings. The summed E-state index contributed by atoms with van der Waals surface area (Å²) in [5.74, 6) is 0.766. The second kappa shape index (κ2) is 6.46. The first-order valence-electron chi connectivity index (χ1n) is 6.22. The molecule has 0 amide bonds. The van der Waals surface area contributed by atoms with E-state index in [-0.39, 0.29) is 0 Å². The van der Waals surface area contributed by atoms with Crippen LogP contribution in [0.3, 0.4) is 0 Å². The van der Waals surface area contributed by atoms with Gasteiger partial charge in [0.15, 0.2) is 0 Å². The Morgan fingerprint density at radius 2 is 2.07 bits per heavy atom. The van der Waals surface area contributed by atoms with E-state index in [4.69, 9.17) is 0 Å². The minimum atomic E-state index is 0.751. The maximum absolute atomic E-state index is 3.22. The van der Waals surface area contributed by atoms with Gasteiger partial charge >= 0.3 is 0 Å². The summed E-state index contributed by atoms with van der Waals surface area (Å²) in [4.78, 5) is 5.13. The molecule has 3 nitrogen and oxygen atoms in total. The molecule has 1 aliphatic heterocycles. The van der Waals surface area contributed by atoms with Crippen LogP contribution in [0.4, 0.5) is 0 Å². The molecule has 90 valence electrons. The molecule has 1 saturated heterocycles. The topological polar surface area (TPSA) is 18.5 Å². The predicted molar refractivity (Wildman–Crippen MR) is 66.2 cm³/mol. The molecule has 0 aromatic heterocycles. The predicted octanol–water partition coefficient (Wildman–Crippen LogP) is 0.868. The van der Waals surface area contributed by atoms with Crippen LogP contribution in [0.5, 0.6) is 0 Å². The van der Waals surface area contributed by atoms with Gasteiger partial charge in [0, 0.05) is 25.7 Å². The van der Waals surface area contributed by atoms with E-state index in [1.807, 2.05) is 7.05 Å². The lowest BCUT2D eigenvalue weighted by molar-refractivity contribution is 0.0625. The molecule has 1 atom stereocenters. The van der Waals surface area contributed by atoms with Crippen LogP contribution < -0.4 is 5.32 Å². The molecule has 0 aromatic carbocycles. The summed E-state index contributed by atoms with van der Waals surface area (Å²) in [6.45, 7) is 10.8. The van der Waals surface area contributed by atoms with Crippen LogP contribution in [0.25, 0.3) is 0 Å². The van der Waals surface area contributed by atoms with Crippen LogP contribution in [0.2, 0.25) is 0 Å². The lowest BCUT2D eigenvalue weighted by Gasteiger charge is -2.42. The second-order valence-electron chi connectivity index (χ2n) is 5.07. The summed E-state index contributed by atoms with van der Waals surface area (Å²) < 4.78 is 0. The van der Waals surface area contributed by atoms with Gasteiger partial charge in [0.1, 0.15) is 0 Å². The molecule has 0 aromatic rings. The highest BCUT2D eigenvalue weighted by Gasteiger charge is 2.26. The van der Waals surface area contributed by atoms with E-state index in [2.05, 4.69) is 36.0 Å². The van der Waals surface area contributed by atoms with Crippen molar-refractivity contribution in [1.82, 2.24) is 15.1 Å². The summed E-state index contributed by atoms with van der Waals surface area (Å²) >= 11 is 0. The number of piperazine rings is 1. The monoisotopic (exact) mass is 213 g/mol. The third-order valence-electron chi connectivity index (χ3n) is 3.38. The second-order valence-corrected chi connectivity index (χ2v) is 5.07. The van der Waals surface area contributed by atoms with Gasteiger partial charge in [0.25, 0.3) is 0 Å². The average molecular weight is 213 g/mol. The standard InChI is InChI=1S/C12H27N3/c1-11(2)12-10-14(4)8-9-15(12)7-5-6-13-3/h11-13H,5-10H2,1-4H3. The Hall–Kier alpha value is -0.120. The van der Waals surface area contributed by atoms with E-state index in [0.29, 0.717) is 0 Å². The minimum Gasteiger partial charge on any atom is -0.320 e. The molecule has 15 heavy (non-hydrogen) atoms. The van der Waals surface area contributed by atoms with Crippen molar-refractivity contribution < 1.29 is 0 Å². The minimum absolute atomic E-state index is 0.751. The first-order valence-corrected chi connectivity index (χ1v) is 6.22. The number of nitrogens with one attached hydrogen (secondary N) is 1. The Labute approximate surface area is 94.8 Å². The van der Waals surface area contributed by atoms with Crippen LogP contribution in [-0.2, 0) is 0 Å². The quantitative estimate of drug-likeness (QED) is 0.684. The van der Waals surface area contributed by atoms with Crippen LogP contribution >= 0.6 is 0 Å². The van der Waals surface area contributed by atoms with E-state index >= 15 is 0 Å². The molecular formula is C12H27N3. The lowest BCUT2D eigenvalue weighted by atomic mass is 9.99. The van der Waals surface area contributed by atoms with Crippen molar-refractivity contribution in [3.05, 3.63) is 0 Å². The fourth-order valence-electron chi connectivity index (χ4n) is 2.36. The van der Waals surface area contributed by atoms with Crippen molar-refractivity contribution in [2.45, 2.75) is 26.3 Å². The zero-order valence-corrected chi connectivity index (χ0v) is 10.8. The molecule has 0 spiro atoms. The first kappa shape index (κ1) is 12.9. The largest absolute Gasteiger partial charge is 0.320 e. The van der Waals surface area contributed by atoms with Crippen molar-refractivity contribution >= 4 is 0 Å². The van der Waals surface area contributed by atoms with E-state index in [9.17, 15) is 0 Å². The van der Waals surface area contributed by atoms with Gasteiger partial charge in [-0.25, -0.2) is 0 Å². The molecule has 0 bridgehead atoms. The van der Waals surface area contributed by atoms with Crippen LogP contribution in [-0.4, -0.2) is 62.7 Å². The smallest absolute Gasteiger partial charge is 0.0246 e. The Morgan fingerprint density at radius 1 is 1.33 bits per heavy atom. The van der Waals surface area contributed by atoms with E-state index < -0.39 is 0 Å². The van der Waals surface area contributed by atoms with Gasteiger partial charge in [-0.3, -0.25) is 4.90 Å². The van der Waals surface area contributed by atoms with Crippen LogP contribution in [0.1, 0.15) is 20.3 Å². The Morgan fingerprint density at radius 3 is 2.67 bits per heavy atom. The molecule has 1 heterocycles. The molecule has 1 rings (SSSR count). The van der Waals surface area contributed by atoms with Crippen molar-refractivity contribution in [1.29, 1.82) is 0 Å². The summed E-state index contributed by atoms with van der Waals surface area (Å²) in [5.41, 5.74) is 0. The number of rotatable bonds is 5. The van der Waals surface area contributed by atoms with Gasteiger partial charge in [-0.05, 0) is 39.5 Å². The maximum Gasteiger partial charge on any atom is 0.0246 e. The van der Waals surface area contributed by atoms with E-state index in [1.165, 1.54) is 32.6 Å². The van der Waals surface area contributed by atoms with Crippen LogP contribution in [0, 0.1) is 5.92 Å². The molecule has 0 saturated carbocycles. The molecule has 3 heteroatoms. The summed E-state index contributed by atoms with van der Waals surface area (Å²) in [6.07, 6.45) is 1.27. The van der Waals surface area contributed by atoms with Gasteiger partial charge in [-0.2, -0.15) is 0 Å². The Balaban J connectivity index is 2.38. The lowest BCUT2D eigenvalue weighted by Crippen LogP contribution is -2.54. The third-order valence-corrected chi connectivity index (χ3v) is 3.38. The summed E-state index contributed by atoms with van der Waals surface area (Å²) in [5, 5.41) is 3.22. The van der Waals surface area contributed by atoms with Gasteiger partial charge in [0.05, 0.1) is 0 Å². The molecule has 1 unspecified atom stereocenters. The van der Waals surface area contributed by atoms with Crippen molar-refractivity contribution in [3.8, 4) is 0 Å². The number of hydrogen-bond donors (Lipinski definition) is 1. The zero-order valence-electron chi connectivity index (χ0n) is 10.8. The van der Waals surface area contributed by atoms with E-state index in [0.717, 1.165) is 18.5 Å². The molecular weight excluding hydrogens is 186 g/mol. The fourth-order valence-corrected chi connectivity index (χ4v) is 2.36. The average Bonchev–Trinajstić information content (AvgIpc) is 2.20. The van der Waals surface area contributed by atoms with E-state index in [1.54, 1.807) is 0 Å². The fraction of sp³-hybridized carbons (Fsp3) is 1.00. The number of nitrogens with zero attached hydrogens (tertiary/aromatic N) is 2. The van der Waals surface area contributed by atoms with Gasteiger partial charge < -0.3 is 10.2 Å². The first-order chi connectivity index (χ1) is 7.15. The number of hydrogen-bond acceptors (Lipinski definition) is 3. The van der Waals surface area contributed by atoms with Crippen molar-refractivity contribution in [2.24, 2.45) is 5.92 Å². The van der Waals surface area contributed by atoms with Gasteiger partial charge in [-0.15, -0.1) is 0 Å². The molecule has 1 N–H and O–H groups in total. The SMILES string of the molecule is CNCCCN1CCN(C)CC1C(C)C. The highest BCUT2D eigenvalue weighted by molar-refractivity contribution is 4.82. The van der Waals surface area contributed by atoms with Crippen molar-refractivity contribution in [2.75, 3.05) is 46.8 Å². The van der Waals surface area contributed by atoms with Gasteiger partial charge in [0.2, 0.25) is 0 Å². The third kappa shape index (κ3) is 4.09. The Bertz CT molecular complexity index is 170. The molecule has 0 aliphatic carbocycles. The normalized spacial score (nSPS) is 25.0. The summed E-state index contributed by atoms with van der Waals surface area (Å²) in [7, 11) is 4.27. The highest BCUT2D eigenvalue weighted by Crippen LogP contribution is 2.16. The zero-order chi connectivity index (χ0) is 11.3. The van der Waals surface area contributed by atoms with Crippen molar-refractivity contribution in [3.63, 3.8) is 0 Å². The number of likely N-dealkylation sites (N-methyl/N-ethyl adjacent to an activating group) is 1. The summed E-state index contributed by atoms with van der Waals surface area (Å²) in [6, 6.07) is 0.751. The maximum atomic E-state index is 3.22. The highest BCUT2D eigenvalue weighted by atomic mass is 15.3. The molecule has 1 fully saturated rings. The van der Waals surface area contributed by atoms with Gasteiger partial charge in [-0.1, -0.05) is 13.8 Å².